The number of terminal acetylenes is 1. The first kappa shape index (κ1) is 15.5. The van der Waals surface area contributed by atoms with Gasteiger partial charge in [0, 0.05) is 17.5 Å². The molecule has 0 N–H and O–H groups in total. The Morgan fingerprint density at radius 3 is 2.18 bits per heavy atom. The molecular formula is C19H16O3. The minimum atomic E-state index is -0.950. The van der Waals surface area contributed by atoms with E-state index in [-0.39, 0.29) is 12.2 Å². The largest absolute Gasteiger partial charge is 0.449 e. The van der Waals surface area contributed by atoms with Gasteiger partial charge in [-0.3, -0.25) is 9.59 Å². The summed E-state index contributed by atoms with van der Waals surface area (Å²) in [6.45, 7) is 0. The van der Waals surface area contributed by atoms with E-state index in [0.29, 0.717) is 17.5 Å². The van der Waals surface area contributed by atoms with Crippen LogP contribution in [0, 0.1) is 12.3 Å². The zero-order valence-corrected chi connectivity index (χ0v) is 12.1. The number of rotatable bonds is 6. The van der Waals surface area contributed by atoms with E-state index in [2.05, 4.69) is 5.92 Å². The van der Waals surface area contributed by atoms with Crippen LogP contribution >= 0.6 is 0 Å². The summed E-state index contributed by atoms with van der Waals surface area (Å²) in [7, 11) is 0. The molecule has 3 heteroatoms. The fourth-order valence-corrected chi connectivity index (χ4v) is 2.02. The third kappa shape index (κ3) is 4.07. The van der Waals surface area contributed by atoms with Crippen LogP contribution in [-0.4, -0.2) is 11.8 Å². The first-order chi connectivity index (χ1) is 10.7. The number of benzene rings is 2. The van der Waals surface area contributed by atoms with Crippen LogP contribution in [0.3, 0.4) is 0 Å². The molecule has 2 aromatic rings. The molecule has 3 nitrogen and oxygen atoms in total. The van der Waals surface area contributed by atoms with Crippen molar-refractivity contribution in [1.29, 1.82) is 0 Å². The molecule has 0 radical (unpaired) electrons. The molecule has 2 aromatic carbocycles. The van der Waals surface area contributed by atoms with Crippen molar-refractivity contribution in [1.82, 2.24) is 0 Å². The average molecular weight is 292 g/mol. The first-order valence-electron chi connectivity index (χ1n) is 6.99. The Morgan fingerprint density at radius 1 is 1.00 bits per heavy atom. The van der Waals surface area contributed by atoms with Gasteiger partial charge in [0.15, 0.2) is 6.10 Å². The van der Waals surface area contributed by atoms with Crippen molar-refractivity contribution in [3.8, 4) is 12.3 Å². The van der Waals surface area contributed by atoms with Gasteiger partial charge in [-0.25, -0.2) is 0 Å². The van der Waals surface area contributed by atoms with Crippen molar-refractivity contribution in [3.05, 3.63) is 71.8 Å². The molecule has 0 spiro atoms. The predicted octanol–water partition coefficient (Wildman–Crippen LogP) is 3.57. The molecule has 0 saturated carbocycles. The molecule has 110 valence electrons. The molecule has 22 heavy (non-hydrogen) atoms. The summed E-state index contributed by atoms with van der Waals surface area (Å²) < 4.78 is 5.37. The Hall–Kier alpha value is -2.86. The second-order valence-corrected chi connectivity index (χ2v) is 4.71. The Kier molecular flexibility index (Phi) is 5.50. The Labute approximate surface area is 129 Å². The van der Waals surface area contributed by atoms with Gasteiger partial charge in [-0.2, -0.15) is 0 Å². The highest BCUT2D eigenvalue weighted by molar-refractivity contribution is 6.00. The molecule has 0 fully saturated rings. The van der Waals surface area contributed by atoms with Crippen LogP contribution in [0.2, 0.25) is 0 Å². The summed E-state index contributed by atoms with van der Waals surface area (Å²) in [4.78, 5) is 24.5. The third-order valence-electron chi connectivity index (χ3n) is 3.12. The molecule has 0 aliphatic rings. The number of hydrogen-bond donors (Lipinski definition) is 0. The van der Waals surface area contributed by atoms with Crippen molar-refractivity contribution < 1.29 is 14.3 Å². The second-order valence-electron chi connectivity index (χ2n) is 4.71. The topological polar surface area (TPSA) is 43.4 Å². The molecule has 0 aliphatic heterocycles. The maximum Gasteiger partial charge on any atom is 0.307 e. The fraction of sp³-hybridized carbons (Fsp3) is 0.158. The van der Waals surface area contributed by atoms with Gasteiger partial charge in [0.25, 0.3) is 0 Å². The van der Waals surface area contributed by atoms with Gasteiger partial charge >= 0.3 is 5.97 Å². The third-order valence-corrected chi connectivity index (χ3v) is 3.12. The monoisotopic (exact) mass is 292 g/mol. The van der Waals surface area contributed by atoms with Gasteiger partial charge in [0.2, 0.25) is 5.78 Å². The standard InChI is InChI=1S/C19H16O3/c1-2-3-14-17(20)22-19(16-12-8-5-9-13-16)18(21)15-10-6-4-7-11-15/h1,4-13,19H,3,14H2. The molecule has 0 aliphatic carbocycles. The number of Topliss-reactive ketones (excluding diaryl/α,β-unsaturated/α-hetero) is 1. The number of ether oxygens (including phenoxy) is 1. The van der Waals surface area contributed by atoms with E-state index < -0.39 is 12.1 Å². The van der Waals surface area contributed by atoms with Crippen molar-refractivity contribution in [3.63, 3.8) is 0 Å². The molecule has 0 saturated heterocycles. The Bertz CT molecular complexity index is 669. The van der Waals surface area contributed by atoms with Crippen LogP contribution < -0.4 is 0 Å². The lowest BCUT2D eigenvalue weighted by molar-refractivity contribution is -0.147. The lowest BCUT2D eigenvalue weighted by Gasteiger charge is -2.17. The Balaban J connectivity index is 2.24. The zero-order chi connectivity index (χ0) is 15.8. The van der Waals surface area contributed by atoms with Crippen molar-refractivity contribution >= 4 is 11.8 Å². The molecule has 1 atom stereocenters. The summed E-state index contributed by atoms with van der Waals surface area (Å²) >= 11 is 0. The molecule has 1 unspecified atom stereocenters. The van der Waals surface area contributed by atoms with Gasteiger partial charge in [0.05, 0.1) is 6.42 Å². The SMILES string of the molecule is C#CCCC(=O)OC(C(=O)c1ccccc1)c1ccccc1. The van der Waals surface area contributed by atoms with E-state index in [9.17, 15) is 9.59 Å². The van der Waals surface area contributed by atoms with E-state index in [1.807, 2.05) is 12.1 Å². The number of hydrogen-bond acceptors (Lipinski definition) is 3. The molecule has 0 aromatic heterocycles. The van der Waals surface area contributed by atoms with Crippen LogP contribution in [0.4, 0.5) is 0 Å². The molecular weight excluding hydrogens is 276 g/mol. The Morgan fingerprint density at radius 2 is 1.59 bits per heavy atom. The molecule has 0 heterocycles. The number of carbonyl (C=O) groups excluding carboxylic acids is 2. The number of carbonyl (C=O) groups is 2. The summed E-state index contributed by atoms with van der Waals surface area (Å²) in [5, 5.41) is 0. The summed E-state index contributed by atoms with van der Waals surface area (Å²) in [6, 6.07) is 17.7. The quantitative estimate of drug-likeness (QED) is 0.464. The minimum absolute atomic E-state index is 0.0991. The van der Waals surface area contributed by atoms with E-state index in [1.54, 1.807) is 48.5 Å². The van der Waals surface area contributed by atoms with Crippen molar-refractivity contribution in [2.45, 2.75) is 18.9 Å². The van der Waals surface area contributed by atoms with Gasteiger partial charge in [0.1, 0.15) is 0 Å². The van der Waals surface area contributed by atoms with E-state index in [1.165, 1.54) is 0 Å². The maximum absolute atomic E-state index is 12.6. The minimum Gasteiger partial charge on any atom is -0.449 e. The first-order valence-corrected chi connectivity index (χ1v) is 6.99. The second kappa shape index (κ2) is 7.80. The van der Waals surface area contributed by atoms with Crippen LogP contribution in [0.25, 0.3) is 0 Å². The average Bonchev–Trinajstić information content (AvgIpc) is 2.59. The fourth-order valence-electron chi connectivity index (χ4n) is 2.02. The highest BCUT2D eigenvalue weighted by atomic mass is 16.5. The highest BCUT2D eigenvalue weighted by Crippen LogP contribution is 2.23. The molecule has 2 rings (SSSR count). The lowest BCUT2D eigenvalue weighted by Crippen LogP contribution is -2.20. The van der Waals surface area contributed by atoms with Gasteiger partial charge in [-0.15, -0.1) is 12.3 Å². The predicted molar refractivity (Wildman–Crippen MR) is 84.1 cm³/mol. The van der Waals surface area contributed by atoms with E-state index in [4.69, 9.17) is 11.2 Å². The van der Waals surface area contributed by atoms with Gasteiger partial charge in [-0.05, 0) is 0 Å². The van der Waals surface area contributed by atoms with Crippen LogP contribution in [0.15, 0.2) is 60.7 Å². The van der Waals surface area contributed by atoms with Gasteiger partial charge in [-0.1, -0.05) is 60.7 Å². The summed E-state index contributed by atoms with van der Waals surface area (Å²) in [5.41, 5.74) is 1.14. The van der Waals surface area contributed by atoms with Crippen LogP contribution in [-0.2, 0) is 9.53 Å². The molecule has 0 bridgehead atoms. The normalized spacial score (nSPS) is 11.2. The lowest BCUT2D eigenvalue weighted by atomic mass is 10.00. The van der Waals surface area contributed by atoms with E-state index >= 15 is 0 Å². The molecule has 0 amide bonds. The van der Waals surface area contributed by atoms with Crippen LogP contribution in [0.1, 0.15) is 34.9 Å². The summed E-state index contributed by atoms with van der Waals surface area (Å²) in [6.07, 6.45) is 4.59. The highest BCUT2D eigenvalue weighted by Gasteiger charge is 2.25. The maximum atomic E-state index is 12.6. The number of esters is 1. The van der Waals surface area contributed by atoms with Crippen molar-refractivity contribution in [2.24, 2.45) is 0 Å². The van der Waals surface area contributed by atoms with Gasteiger partial charge < -0.3 is 4.74 Å². The number of ketones is 1. The van der Waals surface area contributed by atoms with Crippen molar-refractivity contribution in [2.75, 3.05) is 0 Å². The smallest absolute Gasteiger partial charge is 0.307 e. The van der Waals surface area contributed by atoms with Crippen LogP contribution in [0.5, 0.6) is 0 Å². The van der Waals surface area contributed by atoms with E-state index in [0.717, 1.165) is 0 Å². The zero-order valence-electron chi connectivity index (χ0n) is 12.1. The summed E-state index contributed by atoms with van der Waals surface area (Å²) in [5.74, 6) is 1.66.